The minimum absolute atomic E-state index is 0.0901. The first-order valence-corrected chi connectivity index (χ1v) is 7.84. The lowest BCUT2D eigenvalue weighted by Crippen LogP contribution is -2.46. The highest BCUT2D eigenvalue weighted by molar-refractivity contribution is 5.74. The number of aliphatic hydroxyl groups excluding tert-OH is 1. The van der Waals surface area contributed by atoms with Crippen LogP contribution in [0.5, 0.6) is 0 Å². The average Bonchev–Trinajstić information content (AvgIpc) is 2.73. The van der Waals surface area contributed by atoms with Gasteiger partial charge in [-0.1, -0.05) is 25.3 Å². The van der Waals surface area contributed by atoms with Gasteiger partial charge >= 0.3 is 6.03 Å². The van der Waals surface area contributed by atoms with Gasteiger partial charge in [-0.05, 0) is 25.0 Å². The van der Waals surface area contributed by atoms with Gasteiger partial charge in [0.25, 0.3) is 0 Å². The third kappa shape index (κ3) is 5.34. The predicted octanol–water partition coefficient (Wildman–Crippen LogP) is 1.86. The van der Waals surface area contributed by atoms with E-state index in [4.69, 9.17) is 0 Å². The van der Waals surface area contributed by atoms with Crippen LogP contribution >= 0.6 is 0 Å². The Bertz CT molecular complexity index is 425. The molecular formula is C16H25N3O2. The van der Waals surface area contributed by atoms with Gasteiger partial charge in [0.05, 0.1) is 0 Å². The van der Waals surface area contributed by atoms with Gasteiger partial charge in [0.15, 0.2) is 0 Å². The molecule has 0 bridgehead atoms. The second-order valence-electron chi connectivity index (χ2n) is 5.66. The molecule has 1 aromatic rings. The Balaban J connectivity index is 1.72. The third-order valence-corrected chi connectivity index (χ3v) is 4.10. The number of nitrogens with zero attached hydrogens (tertiary/aromatic N) is 1. The molecule has 5 heteroatoms. The number of nitrogens with one attached hydrogen (secondary N) is 2. The fourth-order valence-electron chi connectivity index (χ4n) is 2.86. The van der Waals surface area contributed by atoms with Crippen LogP contribution in [0.4, 0.5) is 4.79 Å². The number of carbonyl (C=O) groups excluding carboxylic acids is 1. The summed E-state index contributed by atoms with van der Waals surface area (Å²) in [6, 6.07) is 5.72. The summed E-state index contributed by atoms with van der Waals surface area (Å²) >= 11 is 0. The Morgan fingerprint density at radius 1 is 1.29 bits per heavy atom. The second kappa shape index (κ2) is 8.62. The van der Waals surface area contributed by atoms with E-state index < -0.39 is 0 Å². The lowest BCUT2D eigenvalue weighted by atomic mass is 9.96. The van der Waals surface area contributed by atoms with Crippen LogP contribution < -0.4 is 10.6 Å². The van der Waals surface area contributed by atoms with Gasteiger partial charge in [0, 0.05) is 43.4 Å². The van der Waals surface area contributed by atoms with Gasteiger partial charge in [-0.3, -0.25) is 4.98 Å². The molecule has 2 atom stereocenters. The van der Waals surface area contributed by atoms with Gasteiger partial charge in [-0.15, -0.1) is 0 Å². The molecule has 116 valence electrons. The Kier molecular flexibility index (Phi) is 6.47. The van der Waals surface area contributed by atoms with E-state index in [9.17, 15) is 9.90 Å². The van der Waals surface area contributed by atoms with Crippen LogP contribution in [-0.4, -0.2) is 35.3 Å². The van der Waals surface area contributed by atoms with Crippen molar-refractivity contribution in [1.82, 2.24) is 15.6 Å². The smallest absolute Gasteiger partial charge is 0.315 e. The standard InChI is InChI=1S/C16H25N3O2/c20-12-13-6-2-1-3-8-15(13)19-16(21)18-11-9-14-7-4-5-10-17-14/h4-5,7,10,13,15,20H,1-3,6,8-9,11-12H2,(H2,18,19,21). The average molecular weight is 291 g/mol. The SMILES string of the molecule is O=C(NCCc1ccccn1)NC1CCCCCC1CO. The van der Waals surface area contributed by atoms with Crippen molar-refractivity contribution < 1.29 is 9.90 Å². The minimum atomic E-state index is -0.142. The van der Waals surface area contributed by atoms with Crippen molar-refractivity contribution in [3.8, 4) is 0 Å². The molecule has 5 nitrogen and oxygen atoms in total. The largest absolute Gasteiger partial charge is 0.396 e. The first kappa shape index (κ1) is 15.8. The highest BCUT2D eigenvalue weighted by atomic mass is 16.3. The molecule has 2 amide bonds. The number of hydrogen-bond acceptors (Lipinski definition) is 3. The van der Waals surface area contributed by atoms with E-state index in [0.29, 0.717) is 6.54 Å². The zero-order valence-electron chi connectivity index (χ0n) is 12.4. The van der Waals surface area contributed by atoms with Crippen LogP contribution in [0.15, 0.2) is 24.4 Å². The molecule has 0 radical (unpaired) electrons. The van der Waals surface area contributed by atoms with E-state index in [-0.39, 0.29) is 24.6 Å². The molecule has 21 heavy (non-hydrogen) atoms. The molecule has 0 aromatic carbocycles. The molecule has 1 aromatic heterocycles. The van der Waals surface area contributed by atoms with Crippen LogP contribution in [0.25, 0.3) is 0 Å². The molecule has 3 N–H and O–H groups in total. The zero-order chi connectivity index (χ0) is 14.9. The third-order valence-electron chi connectivity index (χ3n) is 4.10. The quantitative estimate of drug-likeness (QED) is 0.725. The van der Waals surface area contributed by atoms with E-state index in [1.807, 2.05) is 18.2 Å². The van der Waals surface area contributed by atoms with E-state index in [2.05, 4.69) is 15.6 Å². The summed E-state index contributed by atoms with van der Waals surface area (Å²) in [6.45, 7) is 0.720. The minimum Gasteiger partial charge on any atom is -0.396 e. The van der Waals surface area contributed by atoms with Crippen molar-refractivity contribution in [2.24, 2.45) is 5.92 Å². The number of amides is 2. The lowest BCUT2D eigenvalue weighted by Gasteiger charge is -2.24. The maximum atomic E-state index is 12.0. The number of pyridine rings is 1. The number of carbonyl (C=O) groups is 1. The molecule has 0 saturated heterocycles. The number of urea groups is 1. The Hall–Kier alpha value is -1.62. The van der Waals surface area contributed by atoms with Gasteiger partial charge < -0.3 is 15.7 Å². The second-order valence-corrected chi connectivity index (χ2v) is 5.66. The Labute approximate surface area is 126 Å². The van der Waals surface area contributed by atoms with Gasteiger partial charge in [0.2, 0.25) is 0 Å². The van der Waals surface area contributed by atoms with Crippen LogP contribution in [0.2, 0.25) is 0 Å². The van der Waals surface area contributed by atoms with Crippen LogP contribution in [-0.2, 0) is 6.42 Å². The summed E-state index contributed by atoms with van der Waals surface area (Å²) in [5.74, 6) is 0.189. The maximum absolute atomic E-state index is 12.0. The molecule has 1 aliphatic rings. The van der Waals surface area contributed by atoms with E-state index in [1.165, 1.54) is 6.42 Å². The van der Waals surface area contributed by atoms with Crippen molar-refractivity contribution in [3.63, 3.8) is 0 Å². The summed E-state index contributed by atoms with van der Waals surface area (Å²) in [5, 5.41) is 15.3. The molecular weight excluding hydrogens is 266 g/mol. The number of hydrogen-bond donors (Lipinski definition) is 3. The van der Waals surface area contributed by atoms with Crippen molar-refractivity contribution in [2.75, 3.05) is 13.2 Å². The van der Waals surface area contributed by atoms with Crippen LogP contribution in [0.1, 0.15) is 37.8 Å². The zero-order valence-corrected chi connectivity index (χ0v) is 12.4. The fourth-order valence-corrected chi connectivity index (χ4v) is 2.86. The first-order chi connectivity index (χ1) is 10.3. The van der Waals surface area contributed by atoms with E-state index in [1.54, 1.807) is 6.20 Å². The molecule has 1 heterocycles. The lowest BCUT2D eigenvalue weighted by molar-refractivity contribution is 0.179. The highest BCUT2D eigenvalue weighted by Gasteiger charge is 2.24. The van der Waals surface area contributed by atoms with Crippen molar-refractivity contribution in [2.45, 2.75) is 44.6 Å². The van der Waals surface area contributed by atoms with Gasteiger partial charge in [0.1, 0.15) is 0 Å². The molecule has 0 aliphatic heterocycles. The number of rotatable bonds is 5. The monoisotopic (exact) mass is 291 g/mol. The van der Waals surface area contributed by atoms with Gasteiger partial charge in [-0.25, -0.2) is 4.79 Å². The highest BCUT2D eigenvalue weighted by Crippen LogP contribution is 2.23. The summed E-state index contributed by atoms with van der Waals surface area (Å²) < 4.78 is 0. The number of aromatic nitrogens is 1. The summed E-state index contributed by atoms with van der Waals surface area (Å²) in [6.07, 6.45) is 7.89. The van der Waals surface area contributed by atoms with Crippen molar-refractivity contribution >= 4 is 6.03 Å². The van der Waals surface area contributed by atoms with E-state index in [0.717, 1.165) is 37.8 Å². The molecule has 1 saturated carbocycles. The first-order valence-electron chi connectivity index (χ1n) is 7.84. The topological polar surface area (TPSA) is 74.2 Å². The predicted molar refractivity (Wildman–Crippen MR) is 81.9 cm³/mol. The Morgan fingerprint density at radius 2 is 2.14 bits per heavy atom. The van der Waals surface area contributed by atoms with Crippen molar-refractivity contribution in [1.29, 1.82) is 0 Å². The summed E-state index contributed by atoms with van der Waals surface area (Å²) in [5.41, 5.74) is 0.973. The van der Waals surface area contributed by atoms with Crippen LogP contribution in [0, 0.1) is 5.92 Å². The fraction of sp³-hybridized carbons (Fsp3) is 0.625. The van der Waals surface area contributed by atoms with Crippen molar-refractivity contribution in [3.05, 3.63) is 30.1 Å². The summed E-state index contributed by atoms with van der Waals surface area (Å²) in [7, 11) is 0. The molecule has 1 aliphatic carbocycles. The maximum Gasteiger partial charge on any atom is 0.315 e. The van der Waals surface area contributed by atoms with E-state index >= 15 is 0 Å². The summed E-state index contributed by atoms with van der Waals surface area (Å²) in [4.78, 5) is 16.2. The molecule has 2 unspecified atom stereocenters. The molecule has 1 fully saturated rings. The van der Waals surface area contributed by atoms with Crippen LogP contribution in [0.3, 0.4) is 0 Å². The number of aliphatic hydroxyl groups is 1. The normalized spacial score (nSPS) is 22.3. The molecule has 2 rings (SSSR count). The van der Waals surface area contributed by atoms with Gasteiger partial charge in [-0.2, -0.15) is 0 Å². The Morgan fingerprint density at radius 3 is 2.90 bits per heavy atom. The molecule has 0 spiro atoms.